The van der Waals surface area contributed by atoms with Gasteiger partial charge >= 0.3 is 0 Å². The molecule has 0 radical (unpaired) electrons. The first-order valence-corrected chi connectivity index (χ1v) is 8.63. The Morgan fingerprint density at radius 2 is 0.800 bits per heavy atom. The maximum Gasteiger partial charge on any atom is 0.0107 e. The van der Waals surface area contributed by atoms with Crippen LogP contribution in [0.2, 0.25) is 0 Å². The van der Waals surface area contributed by atoms with Gasteiger partial charge in [0.15, 0.2) is 0 Å². The summed E-state index contributed by atoms with van der Waals surface area (Å²) >= 11 is 0. The van der Waals surface area contributed by atoms with Crippen LogP contribution in [0, 0.1) is 5.92 Å². The number of piperazine rings is 1. The minimum Gasteiger partial charge on any atom is -0.306 e. The molecule has 0 bridgehead atoms. The van der Waals surface area contributed by atoms with E-state index in [0.29, 0.717) is 0 Å². The van der Waals surface area contributed by atoms with Crippen LogP contribution < -0.4 is 0 Å². The van der Waals surface area contributed by atoms with Crippen molar-refractivity contribution >= 4 is 0 Å². The van der Waals surface area contributed by atoms with Crippen molar-refractivity contribution in [2.24, 2.45) is 5.92 Å². The Morgan fingerprint density at radius 1 is 0.550 bits per heavy atom. The van der Waals surface area contributed by atoms with Gasteiger partial charge in [0, 0.05) is 26.2 Å². The standard InChI is InChI=1S/C7H15N.C6H14N2.2C2H6/c2*1-7-3-5-8(2)6-4-7;2*1-2/h7H,3-6H2,1-2H3;3-6H2,1-2H3;2*1-2H3. The average Bonchev–Trinajstić information content (AvgIpc) is 2.50. The molecule has 2 aliphatic heterocycles. The van der Waals surface area contributed by atoms with Crippen molar-refractivity contribution in [1.82, 2.24) is 14.7 Å². The molecule has 0 saturated carbocycles. The lowest BCUT2D eigenvalue weighted by molar-refractivity contribution is 0.181. The normalized spacial score (nSPS) is 21.6. The third-order valence-electron chi connectivity index (χ3n) is 3.73. The molecule has 0 spiro atoms. The quantitative estimate of drug-likeness (QED) is 0.677. The first kappa shape index (κ1) is 22.2. The van der Waals surface area contributed by atoms with E-state index in [0.717, 1.165) is 5.92 Å². The van der Waals surface area contributed by atoms with E-state index in [-0.39, 0.29) is 0 Å². The molecule has 0 aromatic carbocycles. The van der Waals surface area contributed by atoms with Crippen LogP contribution in [0.15, 0.2) is 0 Å². The summed E-state index contributed by atoms with van der Waals surface area (Å²) in [6, 6.07) is 0. The van der Waals surface area contributed by atoms with Gasteiger partial charge in [-0.3, -0.25) is 0 Å². The van der Waals surface area contributed by atoms with Gasteiger partial charge in [-0.15, -0.1) is 0 Å². The smallest absolute Gasteiger partial charge is 0.0107 e. The first-order chi connectivity index (χ1) is 9.58. The minimum atomic E-state index is 0.978. The highest BCUT2D eigenvalue weighted by Gasteiger charge is 2.10. The van der Waals surface area contributed by atoms with Crippen LogP contribution in [0.25, 0.3) is 0 Å². The predicted octanol–water partition coefficient (Wildman–Crippen LogP) is 3.26. The fourth-order valence-corrected chi connectivity index (χ4v) is 2.04. The highest BCUT2D eigenvalue weighted by Crippen LogP contribution is 2.13. The van der Waals surface area contributed by atoms with Crippen LogP contribution in [0.4, 0.5) is 0 Å². The van der Waals surface area contributed by atoms with Crippen LogP contribution in [0.1, 0.15) is 47.5 Å². The summed E-state index contributed by atoms with van der Waals surface area (Å²) in [5.74, 6) is 0.978. The molecule has 0 aromatic rings. The van der Waals surface area contributed by atoms with Crippen LogP contribution in [0.5, 0.6) is 0 Å². The molecule has 2 aliphatic rings. The largest absolute Gasteiger partial charge is 0.306 e. The molecule has 0 N–H and O–H groups in total. The lowest BCUT2D eigenvalue weighted by Gasteiger charge is -2.28. The topological polar surface area (TPSA) is 9.72 Å². The van der Waals surface area contributed by atoms with E-state index < -0.39 is 0 Å². The molecule has 2 saturated heterocycles. The van der Waals surface area contributed by atoms with Crippen molar-refractivity contribution in [2.45, 2.75) is 47.5 Å². The Hall–Kier alpha value is -0.120. The SMILES string of the molecule is CC.CC.CC1CCN(C)CC1.CN1CCN(C)CC1. The molecule has 0 amide bonds. The maximum atomic E-state index is 2.40. The molecule has 0 atom stereocenters. The van der Waals surface area contributed by atoms with E-state index >= 15 is 0 Å². The lowest BCUT2D eigenvalue weighted by Crippen LogP contribution is -2.42. The zero-order chi connectivity index (χ0) is 16.0. The lowest BCUT2D eigenvalue weighted by atomic mass is 10.00. The number of rotatable bonds is 0. The third kappa shape index (κ3) is 12.9. The van der Waals surface area contributed by atoms with Gasteiger partial charge in [-0.2, -0.15) is 0 Å². The number of hydrogen-bond acceptors (Lipinski definition) is 3. The van der Waals surface area contributed by atoms with Gasteiger partial charge in [0.25, 0.3) is 0 Å². The maximum absolute atomic E-state index is 2.40. The van der Waals surface area contributed by atoms with Gasteiger partial charge in [-0.05, 0) is 53.0 Å². The van der Waals surface area contributed by atoms with Gasteiger partial charge in [-0.1, -0.05) is 34.6 Å². The Bertz CT molecular complexity index is 129. The molecule has 0 aromatic heterocycles. The Labute approximate surface area is 129 Å². The summed E-state index contributed by atoms with van der Waals surface area (Å²) in [5.41, 5.74) is 0. The summed E-state index contributed by atoms with van der Waals surface area (Å²) in [6.45, 7) is 17.9. The first-order valence-electron chi connectivity index (χ1n) is 8.63. The summed E-state index contributed by atoms with van der Waals surface area (Å²) in [4.78, 5) is 7.12. The van der Waals surface area contributed by atoms with Crippen molar-refractivity contribution in [2.75, 3.05) is 60.4 Å². The average molecular weight is 288 g/mol. The molecule has 2 heterocycles. The van der Waals surface area contributed by atoms with Crippen molar-refractivity contribution < 1.29 is 0 Å². The second kappa shape index (κ2) is 15.3. The number of piperidine rings is 1. The molecular weight excluding hydrogens is 246 g/mol. The van der Waals surface area contributed by atoms with E-state index in [1.54, 1.807) is 0 Å². The summed E-state index contributed by atoms with van der Waals surface area (Å²) in [6.07, 6.45) is 2.80. The van der Waals surface area contributed by atoms with E-state index in [9.17, 15) is 0 Å². The second-order valence-corrected chi connectivity index (χ2v) is 5.59. The Balaban J connectivity index is 0. The second-order valence-electron chi connectivity index (χ2n) is 5.59. The number of hydrogen-bond donors (Lipinski definition) is 0. The summed E-state index contributed by atoms with van der Waals surface area (Å²) < 4.78 is 0. The molecule has 0 aliphatic carbocycles. The number of nitrogens with zero attached hydrogens (tertiary/aromatic N) is 3. The molecule has 0 unspecified atom stereocenters. The molecule has 20 heavy (non-hydrogen) atoms. The van der Waals surface area contributed by atoms with E-state index in [1.165, 1.54) is 52.1 Å². The van der Waals surface area contributed by atoms with Crippen LogP contribution in [-0.2, 0) is 0 Å². The Morgan fingerprint density at radius 3 is 1.05 bits per heavy atom. The van der Waals surface area contributed by atoms with Crippen molar-refractivity contribution in [3.05, 3.63) is 0 Å². The Kier molecular flexibility index (Phi) is 16.9. The molecule has 3 heteroatoms. The monoisotopic (exact) mass is 287 g/mol. The zero-order valence-electron chi connectivity index (χ0n) is 15.6. The minimum absolute atomic E-state index is 0.978. The van der Waals surface area contributed by atoms with Crippen molar-refractivity contribution in [3.8, 4) is 0 Å². The van der Waals surface area contributed by atoms with E-state index in [2.05, 4.69) is 42.8 Å². The molecule has 124 valence electrons. The zero-order valence-corrected chi connectivity index (χ0v) is 15.6. The third-order valence-corrected chi connectivity index (χ3v) is 3.73. The van der Waals surface area contributed by atoms with Crippen LogP contribution in [0.3, 0.4) is 0 Å². The van der Waals surface area contributed by atoms with Crippen molar-refractivity contribution in [3.63, 3.8) is 0 Å². The molecule has 2 rings (SSSR count). The predicted molar refractivity (Wildman–Crippen MR) is 93.6 cm³/mol. The van der Waals surface area contributed by atoms with Crippen LogP contribution >= 0.6 is 0 Å². The van der Waals surface area contributed by atoms with Gasteiger partial charge < -0.3 is 14.7 Å². The summed E-state index contributed by atoms with van der Waals surface area (Å²) in [7, 11) is 6.55. The van der Waals surface area contributed by atoms with Crippen LogP contribution in [-0.4, -0.2) is 75.1 Å². The fourth-order valence-electron chi connectivity index (χ4n) is 2.04. The van der Waals surface area contributed by atoms with E-state index in [1.807, 2.05) is 27.7 Å². The van der Waals surface area contributed by atoms with Gasteiger partial charge in [0.1, 0.15) is 0 Å². The molecule has 2 fully saturated rings. The van der Waals surface area contributed by atoms with Gasteiger partial charge in [-0.25, -0.2) is 0 Å². The molecule has 3 nitrogen and oxygen atoms in total. The van der Waals surface area contributed by atoms with Gasteiger partial charge in [0.05, 0.1) is 0 Å². The van der Waals surface area contributed by atoms with E-state index in [4.69, 9.17) is 0 Å². The summed E-state index contributed by atoms with van der Waals surface area (Å²) in [5, 5.41) is 0. The van der Waals surface area contributed by atoms with Crippen molar-refractivity contribution in [1.29, 1.82) is 0 Å². The number of likely N-dealkylation sites (N-methyl/N-ethyl adjacent to an activating group) is 2. The fraction of sp³-hybridized carbons (Fsp3) is 1.00. The van der Waals surface area contributed by atoms with Gasteiger partial charge in [0.2, 0.25) is 0 Å². The highest BCUT2D eigenvalue weighted by atomic mass is 15.2. The molecular formula is C17H41N3. The highest BCUT2D eigenvalue weighted by molar-refractivity contribution is 4.65. The number of likely N-dealkylation sites (tertiary alicyclic amines) is 1.